The molecule has 3 N–H and O–H groups in total. The molecule has 3 atom stereocenters. The number of piperidine rings is 1. The van der Waals surface area contributed by atoms with E-state index in [2.05, 4.69) is 5.32 Å². The van der Waals surface area contributed by atoms with E-state index in [4.69, 9.17) is 17.5 Å². The lowest BCUT2D eigenvalue weighted by atomic mass is 9.93. The number of likely N-dealkylation sites (tertiary alicyclic amines) is 1. The van der Waals surface area contributed by atoms with Crippen molar-refractivity contribution in [1.29, 1.82) is 0 Å². The second-order valence-corrected chi connectivity index (χ2v) is 6.66. The van der Waals surface area contributed by atoms with Gasteiger partial charge in [0, 0.05) is 0 Å². The first-order valence-corrected chi connectivity index (χ1v) is 8.95. The van der Waals surface area contributed by atoms with E-state index in [9.17, 15) is 9.59 Å². The molecule has 1 aromatic rings. The summed E-state index contributed by atoms with van der Waals surface area (Å²) in [5.74, 6) is -0.239. The smallest absolute Gasteiger partial charge is 0.305 e. The summed E-state index contributed by atoms with van der Waals surface area (Å²) < 4.78 is 31.6. The van der Waals surface area contributed by atoms with Crippen LogP contribution in [0.5, 0.6) is 0 Å². The van der Waals surface area contributed by atoms with Gasteiger partial charge < -0.3 is 5.32 Å². The number of nitrogens with zero attached hydrogens (tertiary/aromatic N) is 1. The minimum atomic E-state index is -4.67. The quantitative estimate of drug-likeness (QED) is 0.529. The zero-order valence-corrected chi connectivity index (χ0v) is 13.9. The number of imide groups is 1. The summed E-state index contributed by atoms with van der Waals surface area (Å²) in [6.07, 6.45) is 1.79. The Balaban J connectivity index is 0.000000368. The second kappa shape index (κ2) is 7.39. The molecule has 132 valence electrons. The minimum Gasteiger partial charge on any atom is -0.305 e. The Labute approximate surface area is 140 Å². The molecular weight excluding hydrogens is 336 g/mol. The third kappa shape index (κ3) is 4.38. The van der Waals surface area contributed by atoms with Gasteiger partial charge in [0.25, 0.3) is 0 Å². The number of hydrogen-bond donors (Lipinski definition) is 3. The predicted molar refractivity (Wildman–Crippen MR) is 85.4 cm³/mol. The minimum absolute atomic E-state index is 0.0152. The fourth-order valence-corrected chi connectivity index (χ4v) is 3.11. The van der Waals surface area contributed by atoms with Gasteiger partial charge in [0.15, 0.2) is 0 Å². The van der Waals surface area contributed by atoms with Crippen molar-refractivity contribution in [2.75, 3.05) is 6.54 Å². The lowest BCUT2D eigenvalue weighted by Gasteiger charge is -2.23. The molecule has 2 saturated heterocycles. The van der Waals surface area contributed by atoms with Crippen LogP contribution in [0.25, 0.3) is 0 Å². The standard InChI is InChI=1S/C15H18N2O2.H2O4S/c1-10(11-6-3-2-4-7-11)17-14(18)12-8-5-9-16-13(12)15(17)19;1-5(2,3)4/h2-4,6-7,10,12-13,16H,5,8-9H2,1H3;(H2,1,2,3,4)/t10-,12+,13-;/m0./s1. The summed E-state index contributed by atoms with van der Waals surface area (Å²) >= 11 is 0. The van der Waals surface area contributed by atoms with Crippen LogP contribution in [0.2, 0.25) is 0 Å². The molecule has 0 aromatic heterocycles. The molecular formula is C15H20N2O6S. The van der Waals surface area contributed by atoms with Gasteiger partial charge in [0.05, 0.1) is 18.0 Å². The van der Waals surface area contributed by atoms with Gasteiger partial charge in [-0.3, -0.25) is 23.6 Å². The highest BCUT2D eigenvalue weighted by molar-refractivity contribution is 7.79. The molecule has 0 bridgehead atoms. The summed E-state index contributed by atoms with van der Waals surface area (Å²) in [5, 5.41) is 3.19. The maximum absolute atomic E-state index is 12.4. The molecule has 2 fully saturated rings. The molecule has 2 aliphatic heterocycles. The van der Waals surface area contributed by atoms with Gasteiger partial charge in [0.1, 0.15) is 0 Å². The van der Waals surface area contributed by atoms with Crippen LogP contribution in [0, 0.1) is 5.92 Å². The van der Waals surface area contributed by atoms with Crippen molar-refractivity contribution in [3.05, 3.63) is 35.9 Å². The first kappa shape index (κ1) is 18.5. The van der Waals surface area contributed by atoms with E-state index in [1.165, 1.54) is 4.90 Å². The van der Waals surface area contributed by atoms with E-state index in [0.717, 1.165) is 24.9 Å². The lowest BCUT2D eigenvalue weighted by Crippen LogP contribution is -2.44. The SMILES string of the molecule is C[C@@H](c1ccccc1)N1C(=O)[C@H]2NCCC[C@H]2C1=O.O=S(=O)(O)O. The summed E-state index contributed by atoms with van der Waals surface area (Å²) in [7, 11) is -4.67. The Morgan fingerprint density at radius 3 is 2.29 bits per heavy atom. The van der Waals surface area contributed by atoms with E-state index < -0.39 is 10.4 Å². The number of hydrogen-bond acceptors (Lipinski definition) is 5. The molecule has 2 amide bonds. The fraction of sp³-hybridized carbons (Fsp3) is 0.467. The first-order valence-electron chi connectivity index (χ1n) is 7.55. The lowest BCUT2D eigenvalue weighted by molar-refractivity contribution is -0.142. The highest BCUT2D eigenvalue weighted by atomic mass is 32.3. The Kier molecular flexibility index (Phi) is 5.70. The van der Waals surface area contributed by atoms with Gasteiger partial charge >= 0.3 is 10.4 Å². The largest absolute Gasteiger partial charge is 0.394 e. The van der Waals surface area contributed by atoms with Crippen LogP contribution in [-0.2, 0) is 20.0 Å². The van der Waals surface area contributed by atoms with Crippen LogP contribution in [0.4, 0.5) is 0 Å². The third-order valence-corrected chi connectivity index (χ3v) is 4.19. The van der Waals surface area contributed by atoms with Crippen LogP contribution in [0.1, 0.15) is 31.4 Å². The Morgan fingerprint density at radius 1 is 1.17 bits per heavy atom. The van der Waals surface area contributed by atoms with E-state index >= 15 is 0 Å². The van der Waals surface area contributed by atoms with Crippen LogP contribution in [-0.4, -0.2) is 46.8 Å². The molecule has 8 nitrogen and oxygen atoms in total. The average Bonchev–Trinajstić information content (AvgIpc) is 2.78. The highest BCUT2D eigenvalue weighted by Crippen LogP contribution is 2.33. The number of rotatable bonds is 2. The van der Waals surface area contributed by atoms with Crippen LogP contribution < -0.4 is 5.32 Å². The van der Waals surface area contributed by atoms with Gasteiger partial charge in [-0.2, -0.15) is 8.42 Å². The number of fused-ring (bicyclic) bond motifs is 1. The van der Waals surface area contributed by atoms with Crippen molar-refractivity contribution in [2.45, 2.75) is 31.8 Å². The van der Waals surface area contributed by atoms with Crippen LogP contribution in [0.3, 0.4) is 0 Å². The van der Waals surface area contributed by atoms with E-state index in [1.807, 2.05) is 37.3 Å². The molecule has 9 heteroatoms. The summed E-state index contributed by atoms with van der Waals surface area (Å²) in [6, 6.07) is 9.23. The maximum atomic E-state index is 12.4. The van der Waals surface area contributed by atoms with Crippen LogP contribution in [0.15, 0.2) is 30.3 Å². The molecule has 3 rings (SSSR count). The van der Waals surface area contributed by atoms with Crippen molar-refractivity contribution in [2.24, 2.45) is 5.92 Å². The number of nitrogens with one attached hydrogen (secondary N) is 1. The molecule has 0 aliphatic carbocycles. The molecule has 24 heavy (non-hydrogen) atoms. The van der Waals surface area contributed by atoms with E-state index in [1.54, 1.807) is 0 Å². The van der Waals surface area contributed by atoms with Crippen molar-refractivity contribution in [3.63, 3.8) is 0 Å². The molecule has 2 heterocycles. The number of carbonyl (C=O) groups excluding carboxylic acids is 2. The average molecular weight is 356 g/mol. The highest BCUT2D eigenvalue weighted by Gasteiger charge is 2.49. The molecule has 0 spiro atoms. The Morgan fingerprint density at radius 2 is 1.75 bits per heavy atom. The van der Waals surface area contributed by atoms with Crippen molar-refractivity contribution >= 4 is 22.2 Å². The van der Waals surface area contributed by atoms with E-state index in [-0.39, 0.29) is 29.8 Å². The second-order valence-electron chi connectivity index (χ2n) is 5.76. The number of carbonyl (C=O) groups is 2. The Bertz CT molecular complexity index is 674. The molecule has 0 radical (unpaired) electrons. The van der Waals surface area contributed by atoms with Crippen molar-refractivity contribution in [3.8, 4) is 0 Å². The Hall–Kier alpha value is -1.81. The van der Waals surface area contributed by atoms with Gasteiger partial charge in [-0.05, 0) is 31.9 Å². The van der Waals surface area contributed by atoms with Crippen molar-refractivity contribution in [1.82, 2.24) is 10.2 Å². The molecule has 0 unspecified atom stereocenters. The third-order valence-electron chi connectivity index (χ3n) is 4.19. The van der Waals surface area contributed by atoms with Gasteiger partial charge in [-0.25, -0.2) is 0 Å². The summed E-state index contributed by atoms with van der Waals surface area (Å²) in [4.78, 5) is 26.3. The number of benzene rings is 1. The van der Waals surface area contributed by atoms with Gasteiger partial charge in [-0.1, -0.05) is 30.3 Å². The first-order chi connectivity index (χ1) is 11.2. The summed E-state index contributed by atoms with van der Waals surface area (Å²) in [5.41, 5.74) is 1.00. The van der Waals surface area contributed by atoms with Crippen molar-refractivity contribution < 1.29 is 27.1 Å². The fourth-order valence-electron chi connectivity index (χ4n) is 3.11. The zero-order valence-electron chi connectivity index (χ0n) is 13.1. The topological polar surface area (TPSA) is 124 Å². The van der Waals surface area contributed by atoms with Gasteiger partial charge in [0.2, 0.25) is 11.8 Å². The normalized spacial score (nSPS) is 24.9. The molecule has 0 saturated carbocycles. The monoisotopic (exact) mass is 356 g/mol. The summed E-state index contributed by atoms with van der Waals surface area (Å²) in [6.45, 7) is 2.75. The number of amides is 2. The molecule has 1 aromatic carbocycles. The maximum Gasteiger partial charge on any atom is 0.394 e. The van der Waals surface area contributed by atoms with Crippen LogP contribution >= 0.6 is 0 Å². The van der Waals surface area contributed by atoms with Gasteiger partial charge in [-0.15, -0.1) is 0 Å². The molecule has 2 aliphatic rings. The van der Waals surface area contributed by atoms with E-state index in [0.29, 0.717) is 0 Å². The zero-order chi connectivity index (χ0) is 17.9. The predicted octanol–water partition coefficient (Wildman–Crippen LogP) is 0.832.